The Kier molecular flexibility index (Phi) is 3.96. The van der Waals surface area contributed by atoms with E-state index in [0.29, 0.717) is 24.5 Å². The number of nitrogens with one attached hydrogen (secondary N) is 1. The van der Waals surface area contributed by atoms with Crippen LogP contribution in [0.2, 0.25) is 0 Å². The minimum absolute atomic E-state index is 0.0845. The summed E-state index contributed by atoms with van der Waals surface area (Å²) < 4.78 is 0. The Morgan fingerprint density at radius 2 is 1.95 bits per heavy atom. The van der Waals surface area contributed by atoms with E-state index in [1.165, 1.54) is 6.20 Å². The standard InChI is InChI=1S/C12H17N5O2/c1-16-4-6-17(7-5-16)11(18)10-3-2-9(8-14-10)15-12(13)19/h2-3,8H,4-7H2,1H3,(H3,13,15,19). The van der Waals surface area contributed by atoms with Crippen LogP contribution < -0.4 is 11.1 Å². The lowest BCUT2D eigenvalue weighted by atomic mass is 10.2. The molecule has 2 heterocycles. The number of hydrogen-bond donors (Lipinski definition) is 2. The van der Waals surface area contributed by atoms with Crippen LogP contribution in [0, 0.1) is 0 Å². The van der Waals surface area contributed by atoms with Crippen molar-refractivity contribution in [2.45, 2.75) is 0 Å². The number of nitrogens with two attached hydrogens (primary N) is 1. The zero-order valence-electron chi connectivity index (χ0n) is 10.8. The van der Waals surface area contributed by atoms with Crippen LogP contribution in [-0.4, -0.2) is 59.9 Å². The van der Waals surface area contributed by atoms with E-state index >= 15 is 0 Å². The van der Waals surface area contributed by atoms with Gasteiger partial charge in [-0.25, -0.2) is 9.78 Å². The van der Waals surface area contributed by atoms with E-state index in [9.17, 15) is 9.59 Å². The average Bonchev–Trinajstić information content (AvgIpc) is 2.39. The van der Waals surface area contributed by atoms with Crippen LogP contribution in [0.3, 0.4) is 0 Å². The second-order valence-electron chi connectivity index (χ2n) is 4.52. The molecule has 1 fully saturated rings. The highest BCUT2D eigenvalue weighted by Gasteiger charge is 2.21. The summed E-state index contributed by atoms with van der Waals surface area (Å²) in [5.74, 6) is -0.0845. The van der Waals surface area contributed by atoms with E-state index in [1.807, 2.05) is 7.05 Å². The second-order valence-corrected chi connectivity index (χ2v) is 4.52. The van der Waals surface area contributed by atoms with Crippen LogP contribution in [0.1, 0.15) is 10.5 Å². The highest BCUT2D eigenvalue weighted by molar-refractivity contribution is 5.93. The summed E-state index contributed by atoms with van der Waals surface area (Å²) in [6.07, 6.45) is 1.42. The summed E-state index contributed by atoms with van der Waals surface area (Å²) >= 11 is 0. The summed E-state index contributed by atoms with van der Waals surface area (Å²) in [4.78, 5) is 30.9. The number of anilines is 1. The van der Waals surface area contributed by atoms with Crippen molar-refractivity contribution in [3.8, 4) is 0 Å². The van der Waals surface area contributed by atoms with Gasteiger partial charge in [0.1, 0.15) is 5.69 Å². The molecule has 1 aromatic heterocycles. The van der Waals surface area contributed by atoms with Crippen molar-refractivity contribution in [1.82, 2.24) is 14.8 Å². The van der Waals surface area contributed by atoms with Gasteiger partial charge in [0.05, 0.1) is 11.9 Å². The molecule has 7 heteroatoms. The van der Waals surface area contributed by atoms with Gasteiger partial charge in [-0.3, -0.25) is 4.79 Å². The first-order valence-electron chi connectivity index (χ1n) is 6.06. The van der Waals surface area contributed by atoms with Crippen molar-refractivity contribution < 1.29 is 9.59 Å². The Bertz CT molecular complexity index is 466. The van der Waals surface area contributed by atoms with Gasteiger partial charge in [0.25, 0.3) is 5.91 Å². The fraction of sp³-hybridized carbons (Fsp3) is 0.417. The minimum Gasteiger partial charge on any atom is -0.351 e. The van der Waals surface area contributed by atoms with Crippen molar-refractivity contribution in [2.75, 3.05) is 38.5 Å². The van der Waals surface area contributed by atoms with E-state index in [4.69, 9.17) is 5.73 Å². The molecule has 0 unspecified atom stereocenters. The quantitative estimate of drug-likeness (QED) is 0.783. The molecular weight excluding hydrogens is 246 g/mol. The summed E-state index contributed by atoms with van der Waals surface area (Å²) in [7, 11) is 2.03. The Morgan fingerprint density at radius 1 is 1.26 bits per heavy atom. The van der Waals surface area contributed by atoms with Gasteiger partial charge in [-0.05, 0) is 19.2 Å². The van der Waals surface area contributed by atoms with Crippen molar-refractivity contribution in [2.24, 2.45) is 5.73 Å². The van der Waals surface area contributed by atoms with Gasteiger partial charge in [0, 0.05) is 26.2 Å². The largest absolute Gasteiger partial charge is 0.351 e. The molecule has 1 aliphatic rings. The highest BCUT2D eigenvalue weighted by Crippen LogP contribution is 2.09. The molecule has 3 amide bonds. The molecule has 0 bridgehead atoms. The minimum atomic E-state index is -0.653. The maximum Gasteiger partial charge on any atom is 0.316 e. The van der Waals surface area contributed by atoms with Crippen molar-refractivity contribution in [3.63, 3.8) is 0 Å². The molecule has 1 aliphatic heterocycles. The van der Waals surface area contributed by atoms with Gasteiger partial charge in [0.2, 0.25) is 0 Å². The van der Waals surface area contributed by atoms with E-state index in [0.717, 1.165) is 13.1 Å². The molecular formula is C12H17N5O2. The summed E-state index contributed by atoms with van der Waals surface area (Å²) in [6.45, 7) is 3.15. The molecule has 0 aromatic carbocycles. The van der Waals surface area contributed by atoms with Gasteiger partial charge in [-0.1, -0.05) is 0 Å². The van der Waals surface area contributed by atoms with Gasteiger partial charge >= 0.3 is 6.03 Å². The number of rotatable bonds is 2. The van der Waals surface area contributed by atoms with Gasteiger partial charge in [-0.2, -0.15) is 0 Å². The van der Waals surface area contributed by atoms with Crippen LogP contribution in [0.25, 0.3) is 0 Å². The third-order valence-corrected chi connectivity index (χ3v) is 3.04. The Morgan fingerprint density at radius 3 is 2.47 bits per heavy atom. The molecule has 0 radical (unpaired) electrons. The van der Waals surface area contributed by atoms with Crippen LogP contribution in [-0.2, 0) is 0 Å². The topological polar surface area (TPSA) is 91.6 Å². The van der Waals surface area contributed by atoms with Crippen molar-refractivity contribution in [1.29, 1.82) is 0 Å². The number of urea groups is 1. The van der Waals surface area contributed by atoms with Crippen molar-refractivity contribution in [3.05, 3.63) is 24.0 Å². The average molecular weight is 263 g/mol. The van der Waals surface area contributed by atoms with E-state index < -0.39 is 6.03 Å². The fourth-order valence-corrected chi connectivity index (χ4v) is 1.91. The van der Waals surface area contributed by atoms with Crippen LogP contribution in [0.4, 0.5) is 10.5 Å². The SMILES string of the molecule is CN1CCN(C(=O)c2ccc(NC(N)=O)cn2)CC1. The molecule has 7 nitrogen and oxygen atoms in total. The molecule has 19 heavy (non-hydrogen) atoms. The number of hydrogen-bond acceptors (Lipinski definition) is 4. The molecule has 1 aromatic rings. The fourth-order valence-electron chi connectivity index (χ4n) is 1.91. The number of likely N-dealkylation sites (N-methyl/N-ethyl adjacent to an activating group) is 1. The highest BCUT2D eigenvalue weighted by atomic mass is 16.2. The number of piperazine rings is 1. The number of carbonyl (C=O) groups excluding carboxylic acids is 2. The molecule has 0 atom stereocenters. The number of aromatic nitrogens is 1. The number of amides is 3. The van der Waals surface area contributed by atoms with E-state index in [-0.39, 0.29) is 5.91 Å². The van der Waals surface area contributed by atoms with E-state index in [2.05, 4.69) is 15.2 Å². The number of nitrogens with zero attached hydrogens (tertiary/aromatic N) is 3. The van der Waals surface area contributed by atoms with E-state index in [1.54, 1.807) is 17.0 Å². The molecule has 0 aliphatic carbocycles. The monoisotopic (exact) mass is 263 g/mol. The maximum absolute atomic E-state index is 12.2. The normalized spacial score (nSPS) is 16.2. The smallest absolute Gasteiger partial charge is 0.316 e. The lowest BCUT2D eigenvalue weighted by molar-refractivity contribution is 0.0658. The van der Waals surface area contributed by atoms with Gasteiger partial charge in [0.15, 0.2) is 0 Å². The molecule has 0 saturated carbocycles. The second kappa shape index (κ2) is 5.66. The molecule has 102 valence electrons. The summed E-state index contributed by atoms with van der Waals surface area (Å²) in [5, 5.41) is 2.40. The van der Waals surface area contributed by atoms with Crippen LogP contribution >= 0.6 is 0 Å². The zero-order chi connectivity index (χ0) is 13.8. The first kappa shape index (κ1) is 13.3. The zero-order valence-corrected chi connectivity index (χ0v) is 10.8. The van der Waals surface area contributed by atoms with Crippen LogP contribution in [0.5, 0.6) is 0 Å². The third kappa shape index (κ3) is 3.41. The van der Waals surface area contributed by atoms with Crippen molar-refractivity contribution >= 4 is 17.6 Å². The van der Waals surface area contributed by atoms with Crippen LogP contribution in [0.15, 0.2) is 18.3 Å². The Hall–Kier alpha value is -2.15. The summed E-state index contributed by atoms with van der Waals surface area (Å²) in [5.41, 5.74) is 5.84. The molecule has 2 rings (SSSR count). The van der Waals surface area contributed by atoms with Gasteiger partial charge in [-0.15, -0.1) is 0 Å². The third-order valence-electron chi connectivity index (χ3n) is 3.04. The number of primary amides is 1. The first-order chi connectivity index (χ1) is 9.06. The molecule has 3 N–H and O–H groups in total. The molecule has 0 spiro atoms. The predicted octanol–water partition coefficient (Wildman–Crippen LogP) is -0.0402. The molecule has 1 saturated heterocycles. The maximum atomic E-state index is 12.2. The number of carbonyl (C=O) groups is 2. The number of pyridine rings is 1. The predicted molar refractivity (Wildman–Crippen MR) is 70.8 cm³/mol. The lowest BCUT2D eigenvalue weighted by Gasteiger charge is -2.32. The lowest BCUT2D eigenvalue weighted by Crippen LogP contribution is -2.47. The van der Waals surface area contributed by atoms with Gasteiger partial charge < -0.3 is 20.9 Å². The Labute approximate surface area is 111 Å². The Balaban J connectivity index is 2.01. The summed E-state index contributed by atoms with van der Waals surface area (Å²) in [6, 6.07) is 2.55. The first-order valence-corrected chi connectivity index (χ1v) is 6.06.